The van der Waals surface area contributed by atoms with Crippen molar-refractivity contribution in [3.63, 3.8) is 0 Å². The Bertz CT molecular complexity index is 511. The molecule has 1 atom stereocenters. The third-order valence-corrected chi connectivity index (χ3v) is 2.99. The predicted octanol–water partition coefficient (Wildman–Crippen LogP) is 2.60. The Hall–Kier alpha value is -0.730. The lowest BCUT2D eigenvalue weighted by Gasteiger charge is -2.11. The maximum absolute atomic E-state index is 12.6. The van der Waals surface area contributed by atoms with Crippen molar-refractivity contribution in [2.45, 2.75) is 17.7 Å². The van der Waals surface area contributed by atoms with Crippen LogP contribution in [0.4, 0.5) is 13.2 Å². The van der Waals surface area contributed by atoms with Gasteiger partial charge in [0.25, 0.3) is 15.4 Å². The smallest absolute Gasteiger partial charge is 0.304 e. The van der Waals surface area contributed by atoms with Gasteiger partial charge in [0.05, 0.1) is 5.02 Å². The molecule has 4 nitrogen and oxygen atoms in total. The highest BCUT2D eigenvalue weighted by Gasteiger charge is 2.26. The number of aromatic nitrogens is 1. The van der Waals surface area contributed by atoms with E-state index in [0.29, 0.717) is 0 Å². The molecule has 96 valence electrons. The van der Waals surface area contributed by atoms with Gasteiger partial charge >= 0.3 is 6.43 Å². The first-order valence-corrected chi connectivity index (χ1v) is 6.59. The van der Waals surface area contributed by atoms with E-state index in [9.17, 15) is 21.6 Å². The first-order chi connectivity index (χ1) is 7.71. The Morgan fingerprint density at radius 3 is 2.41 bits per heavy atom. The minimum Gasteiger partial charge on any atom is -0.436 e. The van der Waals surface area contributed by atoms with Gasteiger partial charge in [-0.3, -0.25) is 0 Å². The average molecular weight is 310 g/mol. The molecule has 1 aromatic rings. The van der Waals surface area contributed by atoms with E-state index in [-0.39, 0.29) is 5.02 Å². The summed E-state index contributed by atoms with van der Waals surface area (Å²) in [6.45, 7) is 0. The van der Waals surface area contributed by atoms with E-state index < -0.39 is 32.6 Å². The Balaban J connectivity index is 3.16. The molecule has 1 heterocycles. The summed E-state index contributed by atoms with van der Waals surface area (Å²) in [4.78, 5) is 2.49. The van der Waals surface area contributed by atoms with Gasteiger partial charge in [0.2, 0.25) is 5.88 Å². The van der Waals surface area contributed by atoms with Crippen LogP contribution in [-0.4, -0.2) is 26.2 Å². The number of pyridine rings is 1. The minimum absolute atomic E-state index is 0.121. The quantitative estimate of drug-likeness (QED) is 0.802. The van der Waals surface area contributed by atoms with Gasteiger partial charge in [-0.25, -0.2) is 22.2 Å². The van der Waals surface area contributed by atoms with Gasteiger partial charge in [-0.15, -0.1) is 0 Å². The molecule has 0 bridgehead atoms. The SMILES string of the molecule is O=S(=O)(Cl)c1cc(Cl)cnc1OC(F)C(F)F. The highest BCUT2D eigenvalue weighted by Crippen LogP contribution is 2.28. The molecule has 17 heavy (non-hydrogen) atoms. The van der Waals surface area contributed by atoms with Gasteiger partial charge in [-0.2, -0.15) is 4.39 Å². The molecule has 0 radical (unpaired) electrons. The number of hydrogen-bond donors (Lipinski definition) is 0. The van der Waals surface area contributed by atoms with E-state index in [1.165, 1.54) is 0 Å². The van der Waals surface area contributed by atoms with Crippen molar-refractivity contribution in [1.29, 1.82) is 0 Å². The Kier molecular flexibility index (Phi) is 4.45. The van der Waals surface area contributed by atoms with Gasteiger partial charge in [0.15, 0.2) is 0 Å². The molecule has 0 N–H and O–H groups in total. The summed E-state index contributed by atoms with van der Waals surface area (Å²) < 4.78 is 62.5. The van der Waals surface area contributed by atoms with Crippen molar-refractivity contribution >= 4 is 31.3 Å². The molecule has 0 aromatic carbocycles. The lowest BCUT2D eigenvalue weighted by molar-refractivity contribution is -0.0705. The van der Waals surface area contributed by atoms with Crippen molar-refractivity contribution in [3.05, 3.63) is 17.3 Å². The van der Waals surface area contributed by atoms with Crippen LogP contribution in [0.3, 0.4) is 0 Å². The summed E-state index contributed by atoms with van der Waals surface area (Å²) >= 11 is 5.44. The lowest BCUT2D eigenvalue weighted by atomic mass is 10.5. The summed E-state index contributed by atoms with van der Waals surface area (Å²) in [6, 6.07) is 0.810. The molecule has 1 rings (SSSR count). The van der Waals surface area contributed by atoms with E-state index in [0.717, 1.165) is 12.3 Å². The Morgan fingerprint density at radius 1 is 1.35 bits per heavy atom. The molecule has 0 amide bonds. The summed E-state index contributed by atoms with van der Waals surface area (Å²) in [7, 11) is 0.644. The first-order valence-electron chi connectivity index (χ1n) is 3.91. The molecule has 0 aliphatic rings. The van der Waals surface area contributed by atoms with Crippen LogP contribution in [0.2, 0.25) is 5.02 Å². The van der Waals surface area contributed by atoms with Crippen LogP contribution in [0.15, 0.2) is 17.2 Å². The number of nitrogens with zero attached hydrogens (tertiary/aromatic N) is 1. The lowest BCUT2D eigenvalue weighted by Crippen LogP contribution is -2.21. The van der Waals surface area contributed by atoms with E-state index in [2.05, 4.69) is 9.72 Å². The van der Waals surface area contributed by atoms with Crippen LogP contribution in [0, 0.1) is 0 Å². The molecular weight excluding hydrogens is 306 g/mol. The molecular formula is C7H4Cl2F3NO3S. The summed E-state index contributed by atoms with van der Waals surface area (Å²) in [5.74, 6) is -0.878. The van der Waals surface area contributed by atoms with Crippen molar-refractivity contribution in [2.75, 3.05) is 0 Å². The summed E-state index contributed by atoms with van der Waals surface area (Å²) in [5, 5.41) is -0.121. The van der Waals surface area contributed by atoms with Gasteiger partial charge in [-0.05, 0) is 6.07 Å². The topological polar surface area (TPSA) is 56.3 Å². The fourth-order valence-electron chi connectivity index (χ4n) is 0.829. The molecule has 0 saturated carbocycles. The predicted molar refractivity (Wildman–Crippen MR) is 53.8 cm³/mol. The maximum atomic E-state index is 12.6. The van der Waals surface area contributed by atoms with Crippen molar-refractivity contribution in [1.82, 2.24) is 4.98 Å². The molecule has 0 aliphatic carbocycles. The number of rotatable bonds is 4. The van der Waals surface area contributed by atoms with E-state index >= 15 is 0 Å². The first kappa shape index (κ1) is 14.3. The fourth-order valence-corrected chi connectivity index (χ4v) is 1.96. The Labute approximate surface area is 104 Å². The van der Waals surface area contributed by atoms with E-state index in [1.54, 1.807) is 0 Å². The molecule has 0 fully saturated rings. The second-order valence-electron chi connectivity index (χ2n) is 2.70. The summed E-state index contributed by atoms with van der Waals surface area (Å²) in [5.41, 5.74) is 0. The van der Waals surface area contributed by atoms with E-state index in [1.807, 2.05) is 0 Å². The zero-order valence-corrected chi connectivity index (χ0v) is 10.1. The van der Waals surface area contributed by atoms with Crippen molar-refractivity contribution in [3.8, 4) is 5.88 Å². The van der Waals surface area contributed by atoms with Crippen LogP contribution >= 0.6 is 22.3 Å². The molecule has 0 aliphatic heterocycles. The van der Waals surface area contributed by atoms with E-state index in [4.69, 9.17) is 22.3 Å². The number of hydrogen-bond acceptors (Lipinski definition) is 4. The maximum Gasteiger partial charge on any atom is 0.304 e. The highest BCUT2D eigenvalue weighted by atomic mass is 35.7. The van der Waals surface area contributed by atoms with Crippen LogP contribution in [-0.2, 0) is 9.05 Å². The zero-order chi connectivity index (χ0) is 13.2. The third kappa shape index (κ3) is 3.90. The molecule has 1 aromatic heterocycles. The second-order valence-corrected chi connectivity index (χ2v) is 5.67. The van der Waals surface area contributed by atoms with Crippen LogP contribution in [0.5, 0.6) is 5.88 Å². The number of ether oxygens (including phenoxy) is 1. The van der Waals surface area contributed by atoms with Gasteiger partial charge < -0.3 is 4.74 Å². The highest BCUT2D eigenvalue weighted by molar-refractivity contribution is 8.13. The van der Waals surface area contributed by atoms with Crippen molar-refractivity contribution in [2.24, 2.45) is 0 Å². The standard InChI is InChI=1S/C7H4Cl2F3NO3S/c8-3-1-4(17(9,14)15)7(13-2-3)16-6(12)5(10)11/h1-2,5-6H. The molecule has 0 saturated heterocycles. The third-order valence-electron chi connectivity index (χ3n) is 1.47. The second kappa shape index (κ2) is 5.28. The average Bonchev–Trinajstić information content (AvgIpc) is 2.18. The molecule has 1 unspecified atom stereocenters. The minimum atomic E-state index is -4.34. The van der Waals surface area contributed by atoms with Crippen LogP contribution in [0.25, 0.3) is 0 Å². The summed E-state index contributed by atoms with van der Waals surface area (Å²) in [6.07, 6.45) is -5.56. The molecule has 0 spiro atoms. The van der Waals surface area contributed by atoms with Crippen LogP contribution in [0.1, 0.15) is 0 Å². The number of halogens is 5. The van der Waals surface area contributed by atoms with Gasteiger partial charge in [0, 0.05) is 16.9 Å². The van der Waals surface area contributed by atoms with Gasteiger partial charge in [-0.1, -0.05) is 11.6 Å². The normalized spacial score (nSPS) is 13.8. The van der Waals surface area contributed by atoms with Crippen molar-refractivity contribution < 1.29 is 26.3 Å². The van der Waals surface area contributed by atoms with Crippen LogP contribution < -0.4 is 4.74 Å². The Morgan fingerprint density at radius 2 is 1.94 bits per heavy atom. The monoisotopic (exact) mass is 309 g/mol. The fraction of sp³-hybridized carbons (Fsp3) is 0.286. The number of alkyl halides is 3. The largest absolute Gasteiger partial charge is 0.436 e. The van der Waals surface area contributed by atoms with Gasteiger partial charge in [0.1, 0.15) is 4.90 Å². The zero-order valence-electron chi connectivity index (χ0n) is 7.78. The molecule has 10 heteroatoms.